The molecule has 0 amide bonds. The van der Waals surface area contributed by atoms with Gasteiger partial charge in [0, 0.05) is 11.3 Å². The molecule has 94 valence electrons. The van der Waals surface area contributed by atoms with E-state index >= 15 is 0 Å². The Kier molecular flexibility index (Phi) is 3.33. The number of fused-ring (bicyclic) bond motifs is 1. The standard InChI is InChI=1S/C11H11N3O3S/c1-6-7(2)12-8-3-4-9(18-5-10(15)16)13-14(8)11(6)17/h3-4H,5H2,1-2H3,(H,15,16). The van der Waals surface area contributed by atoms with Crippen LogP contribution in [0.5, 0.6) is 0 Å². The monoisotopic (exact) mass is 265 g/mol. The van der Waals surface area contributed by atoms with Crippen molar-refractivity contribution in [1.82, 2.24) is 14.6 Å². The number of carboxylic acid groups (broad SMARTS) is 1. The third-order valence-electron chi connectivity index (χ3n) is 2.47. The SMILES string of the molecule is Cc1nc2ccc(SCC(=O)O)nn2c(=O)c1C. The van der Waals surface area contributed by atoms with E-state index in [9.17, 15) is 9.59 Å². The summed E-state index contributed by atoms with van der Waals surface area (Å²) in [5.74, 6) is -1.02. The van der Waals surface area contributed by atoms with Crippen LogP contribution >= 0.6 is 11.8 Å². The van der Waals surface area contributed by atoms with E-state index in [4.69, 9.17) is 5.11 Å². The fraction of sp³-hybridized carbons (Fsp3) is 0.273. The van der Waals surface area contributed by atoms with Crippen molar-refractivity contribution in [2.24, 2.45) is 0 Å². The van der Waals surface area contributed by atoms with E-state index < -0.39 is 5.97 Å². The number of carboxylic acids is 1. The van der Waals surface area contributed by atoms with Gasteiger partial charge in [-0.3, -0.25) is 9.59 Å². The number of nitrogens with zero attached hydrogens (tertiary/aromatic N) is 3. The van der Waals surface area contributed by atoms with Gasteiger partial charge in [-0.05, 0) is 26.0 Å². The lowest BCUT2D eigenvalue weighted by Gasteiger charge is -2.05. The molecule has 0 atom stereocenters. The molecule has 0 bridgehead atoms. The van der Waals surface area contributed by atoms with Crippen LogP contribution in [0.1, 0.15) is 11.3 Å². The average molecular weight is 265 g/mol. The third-order valence-corrected chi connectivity index (χ3v) is 3.38. The summed E-state index contributed by atoms with van der Waals surface area (Å²) in [5, 5.41) is 13.2. The number of rotatable bonds is 3. The fourth-order valence-corrected chi connectivity index (χ4v) is 1.99. The van der Waals surface area contributed by atoms with Crippen LogP contribution in [0.2, 0.25) is 0 Å². The van der Waals surface area contributed by atoms with Crippen molar-refractivity contribution < 1.29 is 9.90 Å². The lowest BCUT2D eigenvalue weighted by Crippen LogP contribution is -2.21. The summed E-state index contributed by atoms with van der Waals surface area (Å²) < 4.78 is 1.20. The molecule has 0 unspecified atom stereocenters. The highest BCUT2D eigenvalue weighted by Gasteiger charge is 2.08. The molecule has 0 aliphatic carbocycles. The Morgan fingerprint density at radius 3 is 2.83 bits per heavy atom. The summed E-state index contributed by atoms with van der Waals surface area (Å²) in [6, 6.07) is 3.31. The van der Waals surface area contributed by atoms with Crippen LogP contribution in [0.4, 0.5) is 0 Å². The van der Waals surface area contributed by atoms with Gasteiger partial charge in [-0.1, -0.05) is 11.8 Å². The Morgan fingerprint density at radius 1 is 1.44 bits per heavy atom. The number of hydrogen-bond donors (Lipinski definition) is 1. The third kappa shape index (κ3) is 2.35. The molecule has 0 fully saturated rings. The van der Waals surface area contributed by atoms with E-state index in [1.807, 2.05) is 0 Å². The quantitative estimate of drug-likeness (QED) is 0.829. The lowest BCUT2D eigenvalue weighted by molar-refractivity contribution is -0.133. The second kappa shape index (κ2) is 4.77. The first kappa shape index (κ1) is 12.6. The smallest absolute Gasteiger partial charge is 0.313 e. The first-order valence-electron chi connectivity index (χ1n) is 5.21. The molecule has 6 nitrogen and oxygen atoms in total. The van der Waals surface area contributed by atoms with Crippen molar-refractivity contribution in [1.29, 1.82) is 0 Å². The van der Waals surface area contributed by atoms with E-state index in [0.717, 1.165) is 11.8 Å². The maximum absolute atomic E-state index is 12.0. The van der Waals surface area contributed by atoms with E-state index in [1.54, 1.807) is 26.0 Å². The highest BCUT2D eigenvalue weighted by Crippen LogP contribution is 2.14. The Bertz CT molecular complexity index is 681. The van der Waals surface area contributed by atoms with Crippen molar-refractivity contribution in [2.45, 2.75) is 18.9 Å². The molecule has 2 aromatic heterocycles. The summed E-state index contributed by atoms with van der Waals surface area (Å²) in [6.45, 7) is 3.46. The molecule has 0 spiro atoms. The van der Waals surface area contributed by atoms with Crippen LogP contribution in [0, 0.1) is 13.8 Å². The maximum atomic E-state index is 12.0. The van der Waals surface area contributed by atoms with Crippen LogP contribution in [0.3, 0.4) is 0 Å². The molecule has 0 aromatic carbocycles. The molecular weight excluding hydrogens is 254 g/mol. The molecular formula is C11H11N3O3S. The van der Waals surface area contributed by atoms with Gasteiger partial charge in [0.05, 0.1) is 5.75 Å². The van der Waals surface area contributed by atoms with E-state index in [2.05, 4.69) is 10.1 Å². The highest BCUT2D eigenvalue weighted by atomic mass is 32.2. The van der Waals surface area contributed by atoms with Gasteiger partial charge in [0.15, 0.2) is 5.65 Å². The van der Waals surface area contributed by atoms with Crippen LogP contribution in [0.15, 0.2) is 22.0 Å². The zero-order valence-corrected chi connectivity index (χ0v) is 10.7. The van der Waals surface area contributed by atoms with Crippen molar-refractivity contribution in [3.05, 3.63) is 33.7 Å². The summed E-state index contributed by atoms with van der Waals surface area (Å²) in [4.78, 5) is 26.7. The van der Waals surface area contributed by atoms with Gasteiger partial charge in [0.2, 0.25) is 0 Å². The Hall–Kier alpha value is -1.89. The predicted molar refractivity (Wildman–Crippen MR) is 67.1 cm³/mol. The largest absolute Gasteiger partial charge is 0.481 e. The number of aromatic nitrogens is 3. The summed E-state index contributed by atoms with van der Waals surface area (Å²) in [7, 11) is 0. The molecule has 0 saturated heterocycles. The molecule has 0 aliphatic heterocycles. The van der Waals surface area contributed by atoms with E-state index in [1.165, 1.54) is 4.52 Å². The molecule has 0 radical (unpaired) electrons. The average Bonchev–Trinajstić information content (AvgIpc) is 2.34. The molecule has 7 heteroatoms. The maximum Gasteiger partial charge on any atom is 0.313 e. The molecule has 0 saturated carbocycles. The van der Waals surface area contributed by atoms with Gasteiger partial charge in [-0.2, -0.15) is 9.61 Å². The van der Waals surface area contributed by atoms with Crippen molar-refractivity contribution >= 4 is 23.4 Å². The van der Waals surface area contributed by atoms with Gasteiger partial charge in [0.25, 0.3) is 5.56 Å². The Labute approximate surface area is 107 Å². The topological polar surface area (TPSA) is 84.6 Å². The molecule has 2 heterocycles. The Morgan fingerprint density at radius 2 is 2.17 bits per heavy atom. The fourth-order valence-electron chi connectivity index (χ4n) is 1.42. The normalized spacial score (nSPS) is 10.8. The molecule has 0 aliphatic rings. The highest BCUT2D eigenvalue weighted by molar-refractivity contribution is 7.99. The molecule has 2 aromatic rings. The summed E-state index contributed by atoms with van der Waals surface area (Å²) in [6.07, 6.45) is 0. The summed E-state index contributed by atoms with van der Waals surface area (Å²) in [5.41, 5.74) is 1.45. The minimum atomic E-state index is -0.924. The molecule has 2 rings (SSSR count). The van der Waals surface area contributed by atoms with Crippen molar-refractivity contribution in [2.75, 3.05) is 5.75 Å². The zero-order chi connectivity index (χ0) is 13.3. The molecule has 1 N–H and O–H groups in total. The minimum absolute atomic E-state index is 0.0917. The van der Waals surface area contributed by atoms with E-state index in [0.29, 0.717) is 21.9 Å². The second-order valence-corrected chi connectivity index (χ2v) is 4.75. The predicted octanol–water partition coefficient (Wildman–Crippen LogP) is 0.883. The van der Waals surface area contributed by atoms with Gasteiger partial charge in [-0.15, -0.1) is 0 Å². The van der Waals surface area contributed by atoms with Crippen LogP contribution in [0.25, 0.3) is 5.65 Å². The van der Waals surface area contributed by atoms with Gasteiger partial charge in [0.1, 0.15) is 5.03 Å². The van der Waals surface area contributed by atoms with Gasteiger partial charge in [-0.25, -0.2) is 4.98 Å². The first-order valence-corrected chi connectivity index (χ1v) is 6.19. The second-order valence-electron chi connectivity index (χ2n) is 3.75. The number of hydrogen-bond acceptors (Lipinski definition) is 5. The van der Waals surface area contributed by atoms with Gasteiger partial charge >= 0.3 is 5.97 Å². The van der Waals surface area contributed by atoms with E-state index in [-0.39, 0.29) is 11.3 Å². The zero-order valence-electron chi connectivity index (χ0n) is 9.88. The number of thioether (sulfide) groups is 1. The van der Waals surface area contributed by atoms with Gasteiger partial charge < -0.3 is 5.11 Å². The number of carbonyl (C=O) groups is 1. The summed E-state index contributed by atoms with van der Waals surface area (Å²) >= 11 is 1.06. The lowest BCUT2D eigenvalue weighted by atomic mass is 10.3. The number of aliphatic carboxylic acids is 1. The molecule has 18 heavy (non-hydrogen) atoms. The van der Waals surface area contributed by atoms with Crippen molar-refractivity contribution in [3.8, 4) is 0 Å². The van der Waals surface area contributed by atoms with Crippen molar-refractivity contribution in [3.63, 3.8) is 0 Å². The Balaban J connectivity index is 2.51. The van der Waals surface area contributed by atoms with Crippen LogP contribution in [-0.2, 0) is 4.79 Å². The first-order chi connectivity index (χ1) is 8.49. The number of aryl methyl sites for hydroxylation is 1. The minimum Gasteiger partial charge on any atom is -0.481 e. The van der Waals surface area contributed by atoms with Crippen LogP contribution < -0.4 is 5.56 Å². The van der Waals surface area contributed by atoms with Crippen LogP contribution in [-0.4, -0.2) is 31.4 Å².